The van der Waals surface area contributed by atoms with E-state index in [1.165, 1.54) is 6.07 Å². The van der Waals surface area contributed by atoms with Crippen LogP contribution in [-0.4, -0.2) is 29.9 Å². The molecule has 1 saturated carbocycles. The first-order valence-corrected chi connectivity index (χ1v) is 12.4. The van der Waals surface area contributed by atoms with Crippen molar-refractivity contribution in [3.8, 4) is 16.9 Å². The Balaban J connectivity index is 1.64. The molecule has 4 rings (SSSR count). The number of aryl methyl sites for hydroxylation is 1. The van der Waals surface area contributed by atoms with Gasteiger partial charge in [0.05, 0.1) is 6.10 Å². The average Bonchev–Trinajstić information content (AvgIpc) is 3.08. The fraction of sp³-hybridized carbons (Fsp3) is 0.552. The maximum absolute atomic E-state index is 14.1. The third-order valence-electron chi connectivity index (χ3n) is 7.46. The molecule has 1 aliphatic heterocycles. The summed E-state index contributed by atoms with van der Waals surface area (Å²) in [5, 5.41) is 0. The Morgan fingerprint density at radius 1 is 1.09 bits per heavy atom. The quantitative estimate of drug-likeness (QED) is 0.451. The molecule has 184 valence electrons. The average molecular weight is 469 g/mol. The second-order valence-corrected chi connectivity index (χ2v) is 11.1. The standard InChI is InChI=1S/C29H37FO4/c1-18(31)9-7-10-20-13-14-23(16-24(20)21-11-8-12-22(30)15-21)32-25-17-28(3,4)19(2)26-27(25)34-29(5,6)33-26/h8,11-16,19,25-27H,7,9-10,17H2,1-6H3/t19-,25-,26-,27+/m1/s1. The molecular formula is C29H37FO4. The number of halogens is 1. The highest BCUT2D eigenvalue weighted by Crippen LogP contribution is 2.49. The first-order chi connectivity index (χ1) is 15.9. The monoisotopic (exact) mass is 468 g/mol. The number of benzene rings is 2. The number of Topliss-reactive ketones (excluding diaryl/α,β-unsaturated/α-hetero) is 1. The Bertz CT molecular complexity index is 1040. The predicted molar refractivity (Wildman–Crippen MR) is 131 cm³/mol. The second-order valence-electron chi connectivity index (χ2n) is 11.1. The SMILES string of the molecule is CC(=O)CCCc1ccc(O[C@@H]2CC(C)(C)[C@H](C)[C@H]3OC(C)(C)O[C@H]32)cc1-c1cccc(F)c1. The van der Waals surface area contributed by atoms with Gasteiger partial charge in [-0.1, -0.05) is 39.0 Å². The lowest BCUT2D eigenvalue weighted by Gasteiger charge is -2.46. The summed E-state index contributed by atoms with van der Waals surface area (Å²) in [5.74, 6) is 0.335. The lowest BCUT2D eigenvalue weighted by Crippen LogP contribution is -2.53. The number of fused-ring (bicyclic) bond motifs is 1. The van der Waals surface area contributed by atoms with Crippen LogP contribution >= 0.6 is 0 Å². The van der Waals surface area contributed by atoms with E-state index < -0.39 is 5.79 Å². The van der Waals surface area contributed by atoms with E-state index >= 15 is 0 Å². The number of ether oxygens (including phenoxy) is 3. The van der Waals surface area contributed by atoms with Crippen molar-refractivity contribution in [3.05, 3.63) is 53.8 Å². The number of hydrogen-bond donors (Lipinski definition) is 0. The van der Waals surface area contributed by atoms with E-state index in [1.54, 1.807) is 19.1 Å². The minimum atomic E-state index is -0.640. The van der Waals surface area contributed by atoms with E-state index in [1.807, 2.05) is 38.1 Å². The van der Waals surface area contributed by atoms with Crippen LogP contribution in [0.2, 0.25) is 0 Å². The van der Waals surface area contributed by atoms with Crippen molar-refractivity contribution >= 4 is 5.78 Å². The molecule has 2 aromatic rings. The highest BCUT2D eigenvalue weighted by atomic mass is 19.1. The molecule has 34 heavy (non-hydrogen) atoms. The van der Waals surface area contributed by atoms with E-state index in [9.17, 15) is 9.18 Å². The van der Waals surface area contributed by atoms with Crippen molar-refractivity contribution in [3.63, 3.8) is 0 Å². The first-order valence-electron chi connectivity index (χ1n) is 12.4. The number of rotatable bonds is 7. The molecule has 2 fully saturated rings. The van der Waals surface area contributed by atoms with Gasteiger partial charge < -0.3 is 19.0 Å². The molecule has 2 aromatic carbocycles. The summed E-state index contributed by atoms with van der Waals surface area (Å²) in [5.41, 5.74) is 2.86. The van der Waals surface area contributed by atoms with Crippen molar-refractivity contribution in [1.29, 1.82) is 0 Å². The van der Waals surface area contributed by atoms with E-state index in [2.05, 4.69) is 20.8 Å². The fourth-order valence-corrected chi connectivity index (χ4v) is 5.34. The number of carbonyl (C=O) groups excluding carboxylic acids is 1. The van der Waals surface area contributed by atoms with Gasteiger partial charge in [-0.25, -0.2) is 4.39 Å². The number of carbonyl (C=O) groups is 1. The van der Waals surface area contributed by atoms with Gasteiger partial charge in [0.15, 0.2) is 5.79 Å². The molecule has 2 aliphatic rings. The molecule has 0 N–H and O–H groups in total. The Hall–Kier alpha value is -2.24. The number of ketones is 1. The smallest absolute Gasteiger partial charge is 0.163 e. The maximum Gasteiger partial charge on any atom is 0.163 e. The highest BCUT2D eigenvalue weighted by Gasteiger charge is 2.56. The van der Waals surface area contributed by atoms with Crippen LogP contribution in [0.5, 0.6) is 5.75 Å². The van der Waals surface area contributed by atoms with Gasteiger partial charge in [0.1, 0.15) is 29.6 Å². The molecule has 0 spiro atoms. The van der Waals surface area contributed by atoms with Gasteiger partial charge >= 0.3 is 0 Å². The fourth-order valence-electron chi connectivity index (χ4n) is 5.34. The van der Waals surface area contributed by atoms with E-state index in [0.717, 1.165) is 41.7 Å². The van der Waals surface area contributed by atoms with Crippen molar-refractivity contribution < 1.29 is 23.4 Å². The van der Waals surface area contributed by atoms with Crippen LogP contribution in [0, 0.1) is 17.2 Å². The maximum atomic E-state index is 14.1. The lowest BCUT2D eigenvalue weighted by molar-refractivity contribution is -0.153. The summed E-state index contributed by atoms with van der Waals surface area (Å²) in [7, 11) is 0. The van der Waals surface area contributed by atoms with Crippen LogP contribution < -0.4 is 4.74 Å². The zero-order valence-electron chi connectivity index (χ0n) is 21.2. The van der Waals surface area contributed by atoms with Crippen LogP contribution in [-0.2, 0) is 20.7 Å². The van der Waals surface area contributed by atoms with Gasteiger partial charge in [-0.05, 0) is 92.3 Å². The lowest BCUT2D eigenvalue weighted by atomic mass is 9.66. The zero-order valence-corrected chi connectivity index (χ0v) is 21.2. The molecule has 1 saturated heterocycles. The van der Waals surface area contributed by atoms with Crippen LogP contribution in [0.25, 0.3) is 11.1 Å². The molecule has 0 aromatic heterocycles. The Labute approximate surface area is 202 Å². The summed E-state index contributed by atoms with van der Waals surface area (Å²) >= 11 is 0. The van der Waals surface area contributed by atoms with Gasteiger partial charge in [-0.15, -0.1) is 0 Å². The topological polar surface area (TPSA) is 44.8 Å². The zero-order chi connectivity index (χ0) is 24.7. The Morgan fingerprint density at radius 3 is 2.53 bits per heavy atom. The highest BCUT2D eigenvalue weighted by molar-refractivity contribution is 5.75. The Morgan fingerprint density at radius 2 is 1.82 bits per heavy atom. The second kappa shape index (κ2) is 9.43. The number of hydrogen-bond acceptors (Lipinski definition) is 4. The molecule has 0 unspecified atom stereocenters. The summed E-state index contributed by atoms with van der Waals surface area (Å²) in [6.07, 6.45) is 2.56. The van der Waals surface area contributed by atoms with Gasteiger partial charge in [0.2, 0.25) is 0 Å². The summed E-state index contributed by atoms with van der Waals surface area (Å²) < 4.78 is 33.2. The summed E-state index contributed by atoms with van der Waals surface area (Å²) in [4.78, 5) is 11.4. The van der Waals surface area contributed by atoms with Crippen LogP contribution in [0.4, 0.5) is 4.39 Å². The minimum absolute atomic E-state index is 0.0303. The van der Waals surface area contributed by atoms with Crippen molar-refractivity contribution in [2.75, 3.05) is 0 Å². The first kappa shape index (κ1) is 24.9. The minimum Gasteiger partial charge on any atom is -0.488 e. The van der Waals surface area contributed by atoms with Gasteiger partial charge in [0, 0.05) is 6.42 Å². The van der Waals surface area contributed by atoms with Gasteiger partial charge in [-0.2, -0.15) is 0 Å². The third kappa shape index (κ3) is 5.36. The van der Waals surface area contributed by atoms with Crippen LogP contribution in [0.1, 0.15) is 66.4 Å². The third-order valence-corrected chi connectivity index (χ3v) is 7.46. The summed E-state index contributed by atoms with van der Waals surface area (Å²) in [6, 6.07) is 12.6. The van der Waals surface area contributed by atoms with Gasteiger partial charge in [-0.3, -0.25) is 0 Å². The van der Waals surface area contributed by atoms with E-state index in [-0.39, 0.29) is 35.3 Å². The largest absolute Gasteiger partial charge is 0.488 e. The van der Waals surface area contributed by atoms with Crippen molar-refractivity contribution in [2.24, 2.45) is 11.3 Å². The Kier molecular flexibility index (Phi) is 6.90. The van der Waals surface area contributed by atoms with E-state index in [0.29, 0.717) is 12.3 Å². The van der Waals surface area contributed by atoms with Crippen molar-refractivity contribution in [1.82, 2.24) is 0 Å². The predicted octanol–water partition coefficient (Wildman–Crippen LogP) is 6.74. The van der Waals surface area contributed by atoms with Crippen LogP contribution in [0.3, 0.4) is 0 Å². The molecule has 4 atom stereocenters. The normalized spacial score (nSPS) is 27.3. The molecule has 5 heteroatoms. The molecule has 4 nitrogen and oxygen atoms in total. The summed E-state index contributed by atoms with van der Waals surface area (Å²) in [6.45, 7) is 12.3. The molecular weight excluding hydrogens is 431 g/mol. The van der Waals surface area contributed by atoms with E-state index in [4.69, 9.17) is 14.2 Å². The van der Waals surface area contributed by atoms with Crippen molar-refractivity contribution in [2.45, 2.75) is 91.3 Å². The molecule has 1 aliphatic carbocycles. The molecule has 0 amide bonds. The molecule has 1 heterocycles. The molecule has 0 radical (unpaired) electrons. The molecule has 0 bridgehead atoms. The van der Waals surface area contributed by atoms with Gasteiger partial charge in [0.25, 0.3) is 0 Å². The van der Waals surface area contributed by atoms with Crippen LogP contribution in [0.15, 0.2) is 42.5 Å².